The topological polar surface area (TPSA) is 107 Å². The lowest BCUT2D eigenvalue weighted by atomic mass is 9.85. The summed E-state index contributed by atoms with van der Waals surface area (Å²) in [5.74, 6) is -0.668. The van der Waals surface area contributed by atoms with Gasteiger partial charge in [-0.15, -0.1) is 0 Å². The number of thioether (sulfide) groups is 1. The van der Waals surface area contributed by atoms with E-state index in [0.29, 0.717) is 33.3 Å². The predicted molar refractivity (Wildman–Crippen MR) is 147 cm³/mol. The SMILES string of the molecule is CC1=C(C(=O)Nc2ccccc2C)C(c2ccco2)C(C#N)=C(SCC(=O)Nc2cc(C)ccc2C)N1. The molecule has 8 heteroatoms. The fraction of sp³-hybridized carbons (Fsp3) is 0.207. The Morgan fingerprint density at radius 2 is 1.76 bits per heavy atom. The van der Waals surface area contributed by atoms with Crippen LogP contribution in [0, 0.1) is 32.1 Å². The summed E-state index contributed by atoms with van der Waals surface area (Å²) in [6.45, 7) is 7.61. The van der Waals surface area contributed by atoms with Crippen molar-refractivity contribution < 1.29 is 14.0 Å². The van der Waals surface area contributed by atoms with Crippen LogP contribution in [0.2, 0.25) is 0 Å². The van der Waals surface area contributed by atoms with E-state index in [1.165, 1.54) is 18.0 Å². The number of amides is 2. The highest BCUT2D eigenvalue weighted by atomic mass is 32.2. The van der Waals surface area contributed by atoms with Gasteiger partial charge in [-0.05, 0) is 68.7 Å². The number of para-hydroxylation sites is 1. The second kappa shape index (κ2) is 11.2. The molecule has 0 fully saturated rings. The van der Waals surface area contributed by atoms with Crippen LogP contribution >= 0.6 is 11.8 Å². The van der Waals surface area contributed by atoms with Crippen LogP contribution in [0.5, 0.6) is 0 Å². The van der Waals surface area contributed by atoms with E-state index in [4.69, 9.17) is 4.42 Å². The molecular weight excluding hydrogens is 484 g/mol. The molecule has 0 saturated carbocycles. The largest absolute Gasteiger partial charge is 0.468 e. The van der Waals surface area contributed by atoms with Crippen molar-refractivity contribution in [3.05, 3.63) is 105 Å². The first-order valence-electron chi connectivity index (χ1n) is 11.8. The van der Waals surface area contributed by atoms with Crippen molar-refractivity contribution in [3.63, 3.8) is 0 Å². The third-order valence-electron chi connectivity index (χ3n) is 6.13. The lowest BCUT2D eigenvalue weighted by Gasteiger charge is -2.28. The van der Waals surface area contributed by atoms with E-state index in [0.717, 1.165) is 22.4 Å². The molecule has 2 heterocycles. The van der Waals surface area contributed by atoms with Gasteiger partial charge in [-0.3, -0.25) is 9.59 Å². The number of dihydropyridines is 1. The number of furan rings is 1. The van der Waals surface area contributed by atoms with Crippen molar-refractivity contribution in [3.8, 4) is 6.07 Å². The minimum atomic E-state index is -0.713. The lowest BCUT2D eigenvalue weighted by Crippen LogP contribution is -2.31. The number of benzene rings is 2. The van der Waals surface area contributed by atoms with Crippen LogP contribution in [0.4, 0.5) is 11.4 Å². The average molecular weight is 513 g/mol. The fourth-order valence-electron chi connectivity index (χ4n) is 4.16. The van der Waals surface area contributed by atoms with Gasteiger partial charge in [0.25, 0.3) is 5.91 Å². The fourth-order valence-corrected chi connectivity index (χ4v) is 5.06. The minimum Gasteiger partial charge on any atom is -0.468 e. The minimum absolute atomic E-state index is 0.0871. The molecule has 0 radical (unpaired) electrons. The molecule has 0 bridgehead atoms. The third kappa shape index (κ3) is 5.79. The highest BCUT2D eigenvalue weighted by molar-refractivity contribution is 8.03. The number of carbonyl (C=O) groups is 2. The maximum atomic E-state index is 13.5. The van der Waals surface area contributed by atoms with Gasteiger partial charge in [-0.1, -0.05) is 42.1 Å². The normalized spacial score (nSPS) is 15.2. The van der Waals surface area contributed by atoms with E-state index in [1.54, 1.807) is 19.1 Å². The molecule has 1 aromatic heterocycles. The van der Waals surface area contributed by atoms with Gasteiger partial charge in [0.1, 0.15) is 5.76 Å². The molecule has 188 valence electrons. The van der Waals surface area contributed by atoms with Crippen molar-refractivity contribution in [2.75, 3.05) is 16.4 Å². The predicted octanol–water partition coefficient (Wildman–Crippen LogP) is 5.91. The number of nitriles is 1. The van der Waals surface area contributed by atoms with Crippen molar-refractivity contribution >= 4 is 35.0 Å². The monoisotopic (exact) mass is 512 g/mol. The van der Waals surface area contributed by atoms with E-state index in [1.807, 2.05) is 63.2 Å². The standard InChI is InChI=1S/C29H28N4O3S/c1-17-11-12-19(3)23(14-17)32-25(34)16-37-29-21(15-30)27(24-10-7-13-36-24)26(20(4)31-29)28(35)33-22-9-6-5-8-18(22)2/h5-14,27,31H,16H2,1-4H3,(H,32,34)(H,33,35). The number of hydrogen-bond donors (Lipinski definition) is 3. The van der Waals surface area contributed by atoms with Gasteiger partial charge >= 0.3 is 0 Å². The average Bonchev–Trinajstić information content (AvgIpc) is 3.40. The summed E-state index contributed by atoms with van der Waals surface area (Å²) in [6, 6.07) is 19.1. The summed E-state index contributed by atoms with van der Waals surface area (Å²) in [7, 11) is 0. The zero-order chi connectivity index (χ0) is 26.5. The molecule has 2 aromatic carbocycles. The smallest absolute Gasteiger partial charge is 0.254 e. The van der Waals surface area contributed by atoms with Crippen LogP contribution in [0.15, 0.2) is 87.1 Å². The summed E-state index contributed by atoms with van der Waals surface area (Å²) in [5.41, 5.74) is 5.69. The van der Waals surface area contributed by atoms with E-state index in [2.05, 4.69) is 22.0 Å². The Labute approximate surface area is 220 Å². The van der Waals surface area contributed by atoms with Gasteiger partial charge in [0.05, 0.1) is 40.2 Å². The molecule has 2 amide bonds. The molecule has 1 aliphatic rings. The molecule has 37 heavy (non-hydrogen) atoms. The zero-order valence-electron chi connectivity index (χ0n) is 21.1. The second-order valence-corrected chi connectivity index (χ2v) is 9.88. The van der Waals surface area contributed by atoms with Crippen LogP contribution in [0.1, 0.15) is 35.3 Å². The maximum absolute atomic E-state index is 13.5. The Morgan fingerprint density at radius 3 is 2.46 bits per heavy atom. The quantitative estimate of drug-likeness (QED) is 0.363. The number of carbonyl (C=O) groups excluding carboxylic acids is 2. The molecule has 1 atom stereocenters. The van der Waals surface area contributed by atoms with Crippen LogP contribution in [0.25, 0.3) is 0 Å². The number of nitrogens with one attached hydrogen (secondary N) is 3. The molecule has 3 aromatic rings. The molecule has 1 aliphatic heterocycles. The van der Waals surface area contributed by atoms with Crippen molar-refractivity contribution in [1.29, 1.82) is 5.26 Å². The lowest BCUT2D eigenvalue weighted by molar-refractivity contribution is -0.114. The number of nitrogens with zero attached hydrogens (tertiary/aromatic N) is 1. The Bertz CT molecular complexity index is 1450. The van der Waals surface area contributed by atoms with Gasteiger partial charge in [0.15, 0.2) is 0 Å². The first kappa shape index (κ1) is 25.9. The highest BCUT2D eigenvalue weighted by Gasteiger charge is 2.36. The Morgan fingerprint density at radius 1 is 1.00 bits per heavy atom. The number of rotatable bonds is 7. The van der Waals surface area contributed by atoms with Crippen LogP contribution in [0.3, 0.4) is 0 Å². The van der Waals surface area contributed by atoms with Crippen LogP contribution in [-0.2, 0) is 9.59 Å². The summed E-state index contributed by atoms with van der Waals surface area (Å²) >= 11 is 1.22. The van der Waals surface area contributed by atoms with Crippen molar-refractivity contribution in [2.24, 2.45) is 0 Å². The van der Waals surface area contributed by atoms with E-state index < -0.39 is 5.92 Å². The number of anilines is 2. The number of allylic oxidation sites excluding steroid dienone is 2. The summed E-state index contributed by atoms with van der Waals surface area (Å²) in [4.78, 5) is 26.2. The zero-order valence-corrected chi connectivity index (χ0v) is 22.0. The molecule has 0 aliphatic carbocycles. The molecule has 7 nitrogen and oxygen atoms in total. The molecule has 0 spiro atoms. The van der Waals surface area contributed by atoms with E-state index in [9.17, 15) is 14.9 Å². The summed E-state index contributed by atoms with van der Waals surface area (Å²) in [6.07, 6.45) is 1.52. The molecule has 3 N–H and O–H groups in total. The number of aryl methyl sites for hydroxylation is 3. The van der Waals surface area contributed by atoms with Gasteiger partial charge < -0.3 is 20.4 Å². The highest BCUT2D eigenvalue weighted by Crippen LogP contribution is 2.41. The molecule has 1 unspecified atom stereocenters. The van der Waals surface area contributed by atoms with Crippen LogP contribution < -0.4 is 16.0 Å². The first-order chi connectivity index (χ1) is 17.8. The second-order valence-electron chi connectivity index (χ2n) is 8.89. The van der Waals surface area contributed by atoms with Gasteiger partial charge in [-0.25, -0.2) is 0 Å². The van der Waals surface area contributed by atoms with E-state index >= 15 is 0 Å². The molecule has 0 saturated heterocycles. The third-order valence-corrected chi connectivity index (χ3v) is 7.14. The Balaban J connectivity index is 1.59. The first-order valence-corrected chi connectivity index (χ1v) is 12.8. The van der Waals surface area contributed by atoms with Gasteiger partial charge in [0.2, 0.25) is 5.91 Å². The Kier molecular flexibility index (Phi) is 7.85. The van der Waals surface area contributed by atoms with Crippen molar-refractivity contribution in [2.45, 2.75) is 33.6 Å². The van der Waals surface area contributed by atoms with Crippen LogP contribution in [-0.4, -0.2) is 17.6 Å². The van der Waals surface area contributed by atoms with Gasteiger partial charge in [-0.2, -0.15) is 5.26 Å². The Hall–Kier alpha value is -4.22. The number of hydrogen-bond acceptors (Lipinski definition) is 6. The molecule has 4 rings (SSSR count). The van der Waals surface area contributed by atoms with Gasteiger partial charge in [0, 0.05) is 17.1 Å². The molecular formula is C29H28N4O3S. The van der Waals surface area contributed by atoms with Crippen molar-refractivity contribution in [1.82, 2.24) is 5.32 Å². The maximum Gasteiger partial charge on any atom is 0.254 e. The summed E-state index contributed by atoms with van der Waals surface area (Å²) in [5, 5.41) is 19.8. The summed E-state index contributed by atoms with van der Waals surface area (Å²) < 4.78 is 5.67. The van der Waals surface area contributed by atoms with E-state index in [-0.39, 0.29) is 17.6 Å².